The van der Waals surface area contributed by atoms with Crippen molar-refractivity contribution in [2.45, 2.75) is 78.7 Å². The molecule has 2 nitrogen and oxygen atoms in total. The molecule has 0 saturated heterocycles. The van der Waals surface area contributed by atoms with Gasteiger partial charge in [-0.05, 0) is 43.7 Å². The third kappa shape index (κ3) is 4.16. The summed E-state index contributed by atoms with van der Waals surface area (Å²) in [5.74, 6) is 1.22. The zero-order valence-corrected chi connectivity index (χ0v) is 14.5. The highest BCUT2D eigenvalue weighted by atomic mass is 16.5. The summed E-state index contributed by atoms with van der Waals surface area (Å²) in [5, 5.41) is 10.6. The quantitative estimate of drug-likeness (QED) is 0.768. The monoisotopic (exact) mass is 278 g/mol. The molecule has 2 heteroatoms. The average molecular weight is 278 g/mol. The van der Waals surface area contributed by atoms with Gasteiger partial charge in [0.15, 0.2) is 0 Å². The summed E-state index contributed by atoms with van der Waals surface area (Å²) >= 11 is 0. The molecule has 0 heterocycles. The van der Waals surface area contributed by atoms with E-state index in [-0.39, 0.29) is 16.4 Å². The fourth-order valence-corrected chi connectivity index (χ4v) is 2.16. The van der Waals surface area contributed by atoms with E-state index in [0.717, 1.165) is 16.9 Å². The number of hydrogen-bond donors (Lipinski definition) is 1. The molecule has 0 saturated carbocycles. The zero-order chi connectivity index (χ0) is 15.9. The molecule has 0 bridgehead atoms. The third-order valence-electron chi connectivity index (χ3n) is 3.12. The van der Waals surface area contributed by atoms with Gasteiger partial charge in [0.05, 0.1) is 0 Å². The van der Waals surface area contributed by atoms with Crippen molar-refractivity contribution in [3.8, 4) is 11.5 Å². The lowest BCUT2D eigenvalue weighted by Crippen LogP contribution is -2.24. The number of benzene rings is 1. The summed E-state index contributed by atoms with van der Waals surface area (Å²) < 4.78 is 6.02. The lowest BCUT2D eigenvalue weighted by Gasteiger charge is -2.30. The first-order valence-electron chi connectivity index (χ1n) is 7.29. The Hall–Kier alpha value is -1.18. The Bertz CT molecular complexity index is 445. The summed E-state index contributed by atoms with van der Waals surface area (Å²) in [6.07, 6.45) is 0. The molecule has 0 aliphatic heterocycles. The van der Waals surface area contributed by atoms with E-state index in [1.807, 2.05) is 32.9 Å². The lowest BCUT2D eigenvalue weighted by molar-refractivity contribution is 0.130. The zero-order valence-electron chi connectivity index (χ0n) is 14.5. The van der Waals surface area contributed by atoms with Crippen molar-refractivity contribution in [2.75, 3.05) is 0 Å². The van der Waals surface area contributed by atoms with Gasteiger partial charge in [-0.25, -0.2) is 0 Å². The van der Waals surface area contributed by atoms with Gasteiger partial charge in [-0.15, -0.1) is 0 Å². The normalized spacial score (nSPS) is 13.4. The largest absolute Gasteiger partial charge is 0.507 e. The number of phenolic OH excluding ortho intramolecular Hbond substituents is 1. The van der Waals surface area contributed by atoms with Gasteiger partial charge in [0, 0.05) is 11.1 Å². The highest BCUT2D eigenvalue weighted by Crippen LogP contribution is 2.42. The molecule has 1 aromatic rings. The fraction of sp³-hybridized carbons (Fsp3) is 0.667. The van der Waals surface area contributed by atoms with Gasteiger partial charge in [0.2, 0.25) is 0 Å². The molecule has 0 atom stereocenters. The van der Waals surface area contributed by atoms with Crippen molar-refractivity contribution < 1.29 is 9.84 Å². The minimum atomic E-state index is -0.249. The van der Waals surface area contributed by atoms with E-state index >= 15 is 0 Å². The molecule has 0 unspecified atom stereocenters. The van der Waals surface area contributed by atoms with Crippen LogP contribution in [-0.2, 0) is 10.8 Å². The first-order chi connectivity index (χ1) is 8.72. The molecule has 0 aliphatic carbocycles. The maximum Gasteiger partial charge on any atom is 0.123 e. The second-order valence-corrected chi connectivity index (χ2v) is 8.58. The Labute approximate surface area is 124 Å². The van der Waals surface area contributed by atoms with Crippen LogP contribution in [0.4, 0.5) is 0 Å². The summed E-state index contributed by atoms with van der Waals surface area (Å²) in [7, 11) is 0. The standard InChI is InChI=1S/C18H30O2/c1-16(2,3)13-10-12(20-18(7,8)9)11-14(15(13)19)17(4,5)6/h10-11,19H,1-9H3. The van der Waals surface area contributed by atoms with Crippen LogP contribution in [0.5, 0.6) is 11.5 Å². The van der Waals surface area contributed by atoms with E-state index in [1.54, 1.807) is 0 Å². The van der Waals surface area contributed by atoms with Crippen LogP contribution >= 0.6 is 0 Å². The average Bonchev–Trinajstić information content (AvgIpc) is 2.14. The van der Waals surface area contributed by atoms with Gasteiger partial charge in [0.25, 0.3) is 0 Å². The van der Waals surface area contributed by atoms with Crippen LogP contribution in [0, 0.1) is 0 Å². The third-order valence-corrected chi connectivity index (χ3v) is 3.12. The van der Waals surface area contributed by atoms with Crippen LogP contribution in [0.25, 0.3) is 0 Å². The van der Waals surface area contributed by atoms with Crippen molar-refractivity contribution in [3.63, 3.8) is 0 Å². The Morgan fingerprint density at radius 2 is 1.10 bits per heavy atom. The molecule has 114 valence electrons. The van der Waals surface area contributed by atoms with E-state index in [2.05, 4.69) is 41.5 Å². The van der Waals surface area contributed by atoms with Crippen molar-refractivity contribution in [2.24, 2.45) is 0 Å². The van der Waals surface area contributed by atoms with Crippen molar-refractivity contribution in [1.29, 1.82) is 0 Å². The summed E-state index contributed by atoms with van der Waals surface area (Å²) in [6.45, 7) is 18.7. The first-order valence-corrected chi connectivity index (χ1v) is 7.29. The maximum atomic E-state index is 10.6. The van der Waals surface area contributed by atoms with Gasteiger partial charge in [-0.1, -0.05) is 41.5 Å². The van der Waals surface area contributed by atoms with E-state index in [4.69, 9.17) is 4.74 Å². The Kier molecular flexibility index (Phi) is 4.20. The van der Waals surface area contributed by atoms with Crippen LogP contribution in [0.2, 0.25) is 0 Å². The SMILES string of the molecule is CC(C)(C)Oc1cc(C(C)(C)C)c(O)c(C(C)(C)C)c1. The predicted octanol–water partition coefficient (Wildman–Crippen LogP) is 5.16. The molecule has 1 aromatic carbocycles. The van der Waals surface area contributed by atoms with E-state index in [9.17, 15) is 5.11 Å². The molecule has 0 amide bonds. The molecule has 0 spiro atoms. The van der Waals surface area contributed by atoms with Gasteiger partial charge in [0.1, 0.15) is 17.1 Å². The number of aromatic hydroxyl groups is 1. The Morgan fingerprint density at radius 1 is 0.750 bits per heavy atom. The molecular weight excluding hydrogens is 248 g/mol. The summed E-state index contributed by atoms with van der Waals surface area (Å²) in [6, 6.07) is 3.94. The van der Waals surface area contributed by atoms with Gasteiger partial charge in [-0.2, -0.15) is 0 Å². The predicted molar refractivity (Wildman–Crippen MR) is 85.9 cm³/mol. The van der Waals surface area contributed by atoms with Crippen LogP contribution < -0.4 is 4.74 Å². The highest BCUT2D eigenvalue weighted by molar-refractivity contribution is 5.52. The molecule has 0 fully saturated rings. The Balaban J connectivity index is 3.51. The summed E-state index contributed by atoms with van der Waals surface area (Å²) in [4.78, 5) is 0. The van der Waals surface area contributed by atoms with Crippen molar-refractivity contribution >= 4 is 0 Å². The second-order valence-electron chi connectivity index (χ2n) is 8.58. The van der Waals surface area contributed by atoms with Crippen LogP contribution in [-0.4, -0.2) is 10.7 Å². The summed E-state index contributed by atoms with van der Waals surface area (Å²) in [5.41, 5.74) is 1.37. The maximum absolute atomic E-state index is 10.6. The molecular formula is C18H30O2. The number of phenols is 1. The van der Waals surface area contributed by atoms with Crippen LogP contribution in [0.3, 0.4) is 0 Å². The Morgan fingerprint density at radius 3 is 1.35 bits per heavy atom. The number of hydrogen-bond acceptors (Lipinski definition) is 2. The van der Waals surface area contributed by atoms with E-state index in [1.165, 1.54) is 0 Å². The number of ether oxygens (including phenoxy) is 1. The molecule has 0 aromatic heterocycles. The topological polar surface area (TPSA) is 29.5 Å². The first kappa shape index (κ1) is 16.9. The fourth-order valence-electron chi connectivity index (χ4n) is 2.16. The molecule has 1 N–H and O–H groups in total. The van der Waals surface area contributed by atoms with Gasteiger partial charge >= 0.3 is 0 Å². The van der Waals surface area contributed by atoms with Crippen molar-refractivity contribution in [3.05, 3.63) is 23.3 Å². The van der Waals surface area contributed by atoms with Gasteiger partial charge in [-0.3, -0.25) is 0 Å². The molecule has 1 rings (SSSR count). The van der Waals surface area contributed by atoms with E-state index in [0.29, 0.717) is 5.75 Å². The second kappa shape index (κ2) is 4.98. The van der Waals surface area contributed by atoms with Crippen LogP contribution in [0.1, 0.15) is 73.4 Å². The lowest BCUT2D eigenvalue weighted by atomic mass is 9.79. The van der Waals surface area contributed by atoms with E-state index < -0.39 is 0 Å². The molecule has 0 aliphatic rings. The highest BCUT2D eigenvalue weighted by Gasteiger charge is 2.27. The minimum absolute atomic E-state index is 0.124. The van der Waals surface area contributed by atoms with Gasteiger partial charge < -0.3 is 9.84 Å². The molecule has 0 radical (unpaired) electrons. The van der Waals surface area contributed by atoms with Crippen molar-refractivity contribution in [1.82, 2.24) is 0 Å². The molecule has 20 heavy (non-hydrogen) atoms. The smallest absolute Gasteiger partial charge is 0.123 e. The van der Waals surface area contributed by atoms with Crippen LogP contribution in [0.15, 0.2) is 12.1 Å². The minimum Gasteiger partial charge on any atom is -0.507 e. The number of rotatable bonds is 1.